The zero-order chi connectivity index (χ0) is 22.0. The molecule has 0 aliphatic carbocycles. The molecule has 1 aliphatic rings. The Morgan fingerprint density at radius 3 is 2.65 bits per heavy atom. The van der Waals surface area contributed by atoms with Gasteiger partial charge >= 0.3 is 0 Å². The van der Waals surface area contributed by atoms with Crippen molar-refractivity contribution in [2.75, 3.05) is 19.7 Å². The third-order valence-corrected chi connectivity index (χ3v) is 6.38. The molecule has 0 amide bonds. The van der Waals surface area contributed by atoms with E-state index in [1.165, 1.54) is 6.42 Å². The number of ether oxygens (including phenoxy) is 1. The number of piperidine rings is 1. The van der Waals surface area contributed by atoms with E-state index in [0.29, 0.717) is 12.2 Å². The number of H-pyrrole nitrogens is 1. The van der Waals surface area contributed by atoms with E-state index < -0.39 is 0 Å². The van der Waals surface area contributed by atoms with Crippen LogP contribution in [0.15, 0.2) is 29.1 Å². The number of likely N-dealkylation sites (tertiary alicyclic amines) is 1. The fraction of sp³-hybridized carbons (Fsp3) is 0.565. The molecule has 0 spiro atoms. The van der Waals surface area contributed by atoms with Gasteiger partial charge in [0, 0.05) is 16.5 Å². The molecule has 8 heteroatoms. The molecule has 3 heterocycles. The van der Waals surface area contributed by atoms with Crippen LogP contribution in [-0.4, -0.2) is 49.8 Å². The molecule has 1 aromatic carbocycles. The maximum atomic E-state index is 13.3. The van der Waals surface area contributed by atoms with E-state index in [2.05, 4.69) is 46.2 Å². The molecule has 3 aromatic rings. The van der Waals surface area contributed by atoms with Crippen molar-refractivity contribution in [1.29, 1.82) is 0 Å². The van der Waals surface area contributed by atoms with E-state index in [0.717, 1.165) is 54.8 Å². The van der Waals surface area contributed by atoms with E-state index in [-0.39, 0.29) is 17.1 Å². The summed E-state index contributed by atoms with van der Waals surface area (Å²) in [6, 6.07) is 7.43. The second-order valence-electron chi connectivity index (χ2n) is 8.85. The molecular formula is C23H32N6O2. The Bertz CT molecular complexity index is 1100. The Hall–Kier alpha value is -2.74. The maximum Gasteiger partial charge on any atom is 0.253 e. The predicted molar refractivity (Wildman–Crippen MR) is 120 cm³/mol. The van der Waals surface area contributed by atoms with E-state index in [1.807, 2.05) is 35.9 Å². The Labute approximate surface area is 182 Å². The van der Waals surface area contributed by atoms with Gasteiger partial charge in [-0.05, 0) is 87.8 Å². The molecule has 4 rings (SSSR count). The third-order valence-electron chi connectivity index (χ3n) is 6.38. The first-order valence-electron chi connectivity index (χ1n) is 11.3. The molecule has 1 atom stereocenters. The van der Waals surface area contributed by atoms with Crippen LogP contribution in [0.3, 0.4) is 0 Å². The molecule has 166 valence electrons. The molecule has 0 radical (unpaired) electrons. The number of hydrogen-bond acceptors (Lipinski definition) is 6. The van der Waals surface area contributed by atoms with Crippen LogP contribution >= 0.6 is 0 Å². The van der Waals surface area contributed by atoms with Crippen molar-refractivity contribution < 1.29 is 4.74 Å². The van der Waals surface area contributed by atoms with E-state index in [9.17, 15) is 4.79 Å². The van der Waals surface area contributed by atoms with Crippen molar-refractivity contribution in [3.05, 3.63) is 46.0 Å². The molecule has 8 nitrogen and oxygen atoms in total. The molecule has 31 heavy (non-hydrogen) atoms. The van der Waals surface area contributed by atoms with Crippen LogP contribution in [0.1, 0.15) is 70.8 Å². The number of benzene rings is 1. The summed E-state index contributed by atoms with van der Waals surface area (Å²) in [5, 5.41) is 13.7. The van der Waals surface area contributed by atoms with Crippen molar-refractivity contribution in [3.8, 4) is 5.75 Å². The van der Waals surface area contributed by atoms with Gasteiger partial charge in [0.15, 0.2) is 5.82 Å². The number of tetrazole rings is 1. The van der Waals surface area contributed by atoms with Crippen LogP contribution < -0.4 is 10.3 Å². The minimum absolute atomic E-state index is 0.101. The molecule has 0 bridgehead atoms. The standard InChI is InChI=1S/C23H32N6O2/c1-5-23(3,4)29-21(25-26-27-29)20(28-12-8-7-9-13-28)18-15-16-14-17(31-6-2)10-11-19(16)24-22(18)30/h10-11,14-15,20H,5-9,12-13H2,1-4H3,(H,24,30)/t20-/m1/s1. The maximum absolute atomic E-state index is 13.3. The molecule has 1 N–H and O–H groups in total. The fourth-order valence-corrected chi connectivity index (χ4v) is 4.28. The molecule has 1 saturated heterocycles. The lowest BCUT2D eigenvalue weighted by Gasteiger charge is -2.35. The summed E-state index contributed by atoms with van der Waals surface area (Å²) in [5.74, 6) is 1.51. The third kappa shape index (κ3) is 4.21. The zero-order valence-electron chi connectivity index (χ0n) is 18.9. The lowest BCUT2D eigenvalue weighted by Crippen LogP contribution is -2.40. The second kappa shape index (κ2) is 8.78. The Morgan fingerprint density at radius 2 is 1.94 bits per heavy atom. The lowest BCUT2D eigenvalue weighted by atomic mass is 9.98. The highest BCUT2D eigenvalue weighted by Crippen LogP contribution is 2.32. The second-order valence-corrected chi connectivity index (χ2v) is 8.85. The number of nitrogens with zero attached hydrogens (tertiary/aromatic N) is 5. The van der Waals surface area contributed by atoms with Gasteiger partial charge in [0.1, 0.15) is 11.8 Å². The number of nitrogens with one attached hydrogen (secondary N) is 1. The fourth-order valence-electron chi connectivity index (χ4n) is 4.28. The van der Waals surface area contributed by atoms with E-state index in [1.54, 1.807) is 0 Å². The number of aromatic nitrogens is 5. The summed E-state index contributed by atoms with van der Waals surface area (Å²) in [4.78, 5) is 18.7. The van der Waals surface area contributed by atoms with Crippen molar-refractivity contribution in [2.45, 2.75) is 65.0 Å². The van der Waals surface area contributed by atoms with Gasteiger partial charge in [-0.25, -0.2) is 4.68 Å². The Balaban J connectivity index is 1.88. The van der Waals surface area contributed by atoms with E-state index in [4.69, 9.17) is 4.74 Å². The highest BCUT2D eigenvalue weighted by atomic mass is 16.5. The molecular weight excluding hydrogens is 392 g/mol. The van der Waals surface area contributed by atoms with Gasteiger partial charge in [0.05, 0.1) is 12.1 Å². The quantitative estimate of drug-likeness (QED) is 0.623. The van der Waals surface area contributed by atoms with Crippen LogP contribution in [0, 0.1) is 0 Å². The van der Waals surface area contributed by atoms with Gasteiger partial charge < -0.3 is 9.72 Å². The number of pyridine rings is 1. The first kappa shape index (κ1) is 21.5. The summed E-state index contributed by atoms with van der Waals surface area (Å²) in [7, 11) is 0. The normalized spacial score (nSPS) is 16.5. The number of aromatic amines is 1. The van der Waals surface area contributed by atoms with Crippen LogP contribution in [0.5, 0.6) is 5.75 Å². The van der Waals surface area contributed by atoms with Crippen LogP contribution in [0.4, 0.5) is 0 Å². The molecule has 1 aliphatic heterocycles. The van der Waals surface area contributed by atoms with Crippen LogP contribution in [0.2, 0.25) is 0 Å². The summed E-state index contributed by atoms with van der Waals surface area (Å²) < 4.78 is 7.57. The average molecular weight is 425 g/mol. The van der Waals surface area contributed by atoms with Gasteiger partial charge in [-0.1, -0.05) is 13.3 Å². The van der Waals surface area contributed by atoms with Gasteiger partial charge in [0.25, 0.3) is 5.56 Å². The van der Waals surface area contributed by atoms with Gasteiger partial charge in [-0.2, -0.15) is 0 Å². The Kier molecular flexibility index (Phi) is 6.09. The van der Waals surface area contributed by atoms with Crippen molar-refractivity contribution in [1.82, 2.24) is 30.1 Å². The molecule has 1 fully saturated rings. The first-order valence-corrected chi connectivity index (χ1v) is 11.3. The summed E-state index contributed by atoms with van der Waals surface area (Å²) in [5.41, 5.74) is 1.11. The van der Waals surface area contributed by atoms with Crippen LogP contribution in [-0.2, 0) is 5.54 Å². The van der Waals surface area contributed by atoms with Crippen molar-refractivity contribution in [3.63, 3.8) is 0 Å². The summed E-state index contributed by atoms with van der Waals surface area (Å²) >= 11 is 0. The number of fused-ring (bicyclic) bond motifs is 1. The van der Waals surface area contributed by atoms with Gasteiger partial charge in [0.2, 0.25) is 0 Å². The number of hydrogen-bond donors (Lipinski definition) is 1. The summed E-state index contributed by atoms with van der Waals surface area (Å²) in [6.07, 6.45) is 4.30. The minimum Gasteiger partial charge on any atom is -0.494 e. The predicted octanol–water partition coefficient (Wildman–Crippen LogP) is 3.63. The van der Waals surface area contributed by atoms with Gasteiger partial charge in [-0.15, -0.1) is 5.10 Å². The van der Waals surface area contributed by atoms with Gasteiger partial charge in [-0.3, -0.25) is 9.69 Å². The molecule has 2 aromatic heterocycles. The monoisotopic (exact) mass is 424 g/mol. The minimum atomic E-state index is -0.301. The molecule has 0 saturated carbocycles. The summed E-state index contributed by atoms with van der Waals surface area (Å²) in [6.45, 7) is 10.8. The van der Waals surface area contributed by atoms with Crippen molar-refractivity contribution >= 4 is 10.9 Å². The van der Waals surface area contributed by atoms with Crippen LogP contribution in [0.25, 0.3) is 10.9 Å². The average Bonchev–Trinajstić information content (AvgIpc) is 3.26. The number of rotatable bonds is 7. The van der Waals surface area contributed by atoms with E-state index >= 15 is 0 Å². The zero-order valence-corrected chi connectivity index (χ0v) is 18.9. The Morgan fingerprint density at radius 1 is 1.16 bits per heavy atom. The highest BCUT2D eigenvalue weighted by Gasteiger charge is 2.34. The first-order chi connectivity index (χ1) is 14.9. The topological polar surface area (TPSA) is 88.9 Å². The highest BCUT2D eigenvalue weighted by molar-refractivity contribution is 5.80. The smallest absolute Gasteiger partial charge is 0.253 e. The SMILES string of the molecule is CCOc1ccc2[nH]c(=O)c([C@H](c3nnnn3C(C)(C)CC)N3CCCCC3)cc2c1. The lowest BCUT2D eigenvalue weighted by molar-refractivity contribution is 0.167. The largest absolute Gasteiger partial charge is 0.494 e. The van der Waals surface area contributed by atoms with Crippen molar-refractivity contribution in [2.24, 2.45) is 0 Å². The molecule has 0 unspecified atom stereocenters.